The zero-order chi connectivity index (χ0) is 29.4. The van der Waals surface area contributed by atoms with Gasteiger partial charge in [-0.2, -0.15) is 0 Å². The molecule has 40 heavy (non-hydrogen) atoms. The van der Waals surface area contributed by atoms with E-state index in [4.69, 9.17) is 33.5 Å². The first-order valence-corrected chi connectivity index (χ1v) is 12.4. The summed E-state index contributed by atoms with van der Waals surface area (Å²) in [6.07, 6.45) is -7.08. The molecule has 1 saturated heterocycles. The molecule has 13 heteroatoms. The van der Waals surface area contributed by atoms with E-state index >= 15 is 0 Å². The number of aliphatic hydroxyl groups excluding tert-OH is 6. The van der Waals surface area contributed by atoms with E-state index in [9.17, 15) is 30.6 Å². The summed E-state index contributed by atoms with van der Waals surface area (Å²) in [7, 11) is 4.16. The molecule has 3 rings (SSSR count). The van der Waals surface area contributed by atoms with Crippen LogP contribution in [0.2, 0.25) is 0 Å². The molecule has 7 atom stereocenters. The van der Waals surface area contributed by atoms with Crippen molar-refractivity contribution in [2.45, 2.75) is 42.9 Å². The molecule has 2 aromatic rings. The Morgan fingerprint density at radius 1 is 0.900 bits per heavy atom. The lowest BCUT2D eigenvalue weighted by Crippen LogP contribution is -2.59. The van der Waals surface area contributed by atoms with Gasteiger partial charge in [-0.15, -0.1) is 0 Å². The van der Waals surface area contributed by atoms with Crippen LogP contribution in [0.25, 0.3) is 6.08 Å². The predicted molar refractivity (Wildman–Crippen MR) is 139 cm³/mol. The molecule has 1 aliphatic heterocycles. The molecule has 0 spiro atoms. The zero-order valence-electron chi connectivity index (χ0n) is 22.3. The van der Waals surface area contributed by atoms with Gasteiger partial charge in [0.1, 0.15) is 30.5 Å². The van der Waals surface area contributed by atoms with Crippen molar-refractivity contribution in [1.82, 2.24) is 0 Å². The van der Waals surface area contributed by atoms with Gasteiger partial charge in [-0.25, -0.2) is 0 Å². The summed E-state index contributed by atoms with van der Waals surface area (Å²) in [5.41, 5.74) is 0.908. The second kappa shape index (κ2) is 14.5. The van der Waals surface area contributed by atoms with Crippen LogP contribution in [0.4, 0.5) is 0 Å². The van der Waals surface area contributed by atoms with Crippen LogP contribution >= 0.6 is 0 Å². The van der Waals surface area contributed by atoms with E-state index in [0.717, 1.165) is 0 Å². The third-order valence-electron chi connectivity index (χ3n) is 6.34. The fourth-order valence-electron chi connectivity index (χ4n) is 4.13. The first-order valence-electron chi connectivity index (χ1n) is 12.4. The molecule has 2 aromatic carbocycles. The highest BCUT2D eigenvalue weighted by molar-refractivity contribution is 5.62. The van der Waals surface area contributed by atoms with Crippen molar-refractivity contribution < 1.29 is 64.2 Å². The number of hydrogen-bond donors (Lipinski definition) is 7. The van der Waals surface area contributed by atoms with Gasteiger partial charge in [0.15, 0.2) is 35.4 Å². The van der Waals surface area contributed by atoms with Crippen molar-refractivity contribution in [3.05, 3.63) is 47.5 Å². The molecule has 13 nitrogen and oxygen atoms in total. The largest absolute Gasteiger partial charge is 0.504 e. The second-order valence-corrected chi connectivity index (χ2v) is 8.90. The average molecular weight is 569 g/mol. The van der Waals surface area contributed by atoms with Crippen molar-refractivity contribution in [2.75, 3.05) is 41.2 Å². The van der Waals surface area contributed by atoms with Gasteiger partial charge in [-0.05, 0) is 35.4 Å². The van der Waals surface area contributed by atoms with Gasteiger partial charge in [0.25, 0.3) is 0 Å². The first kappa shape index (κ1) is 31.4. The summed E-state index contributed by atoms with van der Waals surface area (Å²) in [6.45, 7) is -1.26. The number of methoxy groups -OCH3 is 3. The number of aromatic hydroxyl groups is 1. The number of aliphatic hydroxyl groups is 6. The van der Waals surface area contributed by atoms with E-state index < -0.39 is 56.1 Å². The van der Waals surface area contributed by atoms with Crippen molar-refractivity contribution in [1.29, 1.82) is 0 Å². The maximum Gasteiger partial charge on any atom is 0.204 e. The summed E-state index contributed by atoms with van der Waals surface area (Å²) in [5.74, 6) is 0.498. The molecule has 0 bridgehead atoms. The van der Waals surface area contributed by atoms with Crippen molar-refractivity contribution in [3.8, 4) is 28.7 Å². The summed E-state index contributed by atoms with van der Waals surface area (Å²) in [6, 6.07) is 7.42. The lowest BCUT2D eigenvalue weighted by Gasteiger charge is -2.40. The number of ether oxygens (including phenoxy) is 6. The molecule has 7 unspecified atom stereocenters. The Morgan fingerprint density at radius 2 is 1.55 bits per heavy atom. The summed E-state index contributed by atoms with van der Waals surface area (Å²) < 4.78 is 33.4. The Balaban J connectivity index is 1.97. The normalized spacial score (nSPS) is 24.5. The maximum absolute atomic E-state index is 11.3. The molecule has 7 N–H and O–H groups in total. The highest BCUT2D eigenvalue weighted by Crippen LogP contribution is 2.41. The highest BCUT2D eigenvalue weighted by Gasteiger charge is 2.44. The van der Waals surface area contributed by atoms with Crippen LogP contribution in [0.1, 0.15) is 17.2 Å². The smallest absolute Gasteiger partial charge is 0.204 e. The third-order valence-corrected chi connectivity index (χ3v) is 6.34. The quantitative estimate of drug-likeness (QED) is 0.167. The molecule has 1 heterocycles. The fourth-order valence-corrected chi connectivity index (χ4v) is 4.13. The standard InChI is InChI=1S/C27H36O13/c1-35-17-11-15(6-7-16(17)30)22(31)21(13-38-27-25(34)24(33)23(32)20(12-29)40-27)39-26-18(36-2)9-14(5-4-8-28)10-19(26)37-3/h4-7,9-11,20-25,27-34H,8,12-13H2,1-3H3. The van der Waals surface area contributed by atoms with Crippen LogP contribution in [0, 0.1) is 0 Å². The topological polar surface area (TPSA) is 197 Å². The summed E-state index contributed by atoms with van der Waals surface area (Å²) >= 11 is 0. The minimum Gasteiger partial charge on any atom is -0.504 e. The van der Waals surface area contributed by atoms with Gasteiger partial charge in [-0.1, -0.05) is 18.2 Å². The van der Waals surface area contributed by atoms with Crippen molar-refractivity contribution in [2.24, 2.45) is 0 Å². The predicted octanol–water partition coefficient (Wildman–Crippen LogP) is -0.279. The van der Waals surface area contributed by atoms with Gasteiger partial charge in [0.2, 0.25) is 5.75 Å². The minimum atomic E-state index is -1.67. The zero-order valence-corrected chi connectivity index (χ0v) is 22.3. The van der Waals surface area contributed by atoms with Crippen LogP contribution in [0.5, 0.6) is 28.7 Å². The van der Waals surface area contributed by atoms with Crippen LogP contribution in [0.15, 0.2) is 36.4 Å². The number of hydrogen-bond acceptors (Lipinski definition) is 13. The lowest BCUT2D eigenvalue weighted by atomic mass is 9.99. The minimum absolute atomic E-state index is 0.0957. The van der Waals surface area contributed by atoms with E-state index in [1.54, 1.807) is 18.2 Å². The number of rotatable bonds is 13. The first-order chi connectivity index (χ1) is 19.2. The van der Waals surface area contributed by atoms with E-state index in [1.165, 1.54) is 45.6 Å². The molecule has 1 fully saturated rings. The van der Waals surface area contributed by atoms with E-state index in [2.05, 4.69) is 0 Å². The van der Waals surface area contributed by atoms with Crippen LogP contribution < -0.4 is 18.9 Å². The Hall–Kier alpha value is -3.14. The molecule has 0 radical (unpaired) electrons. The van der Waals surface area contributed by atoms with E-state index in [1.807, 2.05) is 0 Å². The Labute approximate surface area is 231 Å². The molecule has 0 aromatic heterocycles. The SMILES string of the molecule is COc1cc(C(O)C(COC2OC(CO)C(O)C(O)C2O)Oc2c(OC)cc(C=CCO)cc2OC)ccc1O. The number of phenols is 1. The van der Waals surface area contributed by atoms with Gasteiger partial charge in [0.05, 0.1) is 41.2 Å². The number of benzene rings is 2. The number of phenolic OH excluding ortho intramolecular Hbond substituents is 1. The second-order valence-electron chi connectivity index (χ2n) is 8.90. The lowest BCUT2D eigenvalue weighted by molar-refractivity contribution is -0.305. The van der Waals surface area contributed by atoms with Crippen molar-refractivity contribution >= 4 is 6.08 Å². The molecule has 0 amide bonds. The highest BCUT2D eigenvalue weighted by atomic mass is 16.7. The fraction of sp³-hybridized carbons (Fsp3) is 0.481. The Morgan fingerprint density at radius 3 is 2.12 bits per heavy atom. The van der Waals surface area contributed by atoms with Gasteiger partial charge < -0.3 is 64.2 Å². The van der Waals surface area contributed by atoms with Gasteiger partial charge >= 0.3 is 0 Å². The van der Waals surface area contributed by atoms with Crippen LogP contribution in [-0.2, 0) is 9.47 Å². The van der Waals surface area contributed by atoms with Gasteiger partial charge in [0, 0.05) is 0 Å². The Bertz CT molecular complexity index is 1100. The Kier molecular flexibility index (Phi) is 11.4. The summed E-state index contributed by atoms with van der Waals surface area (Å²) in [5, 5.41) is 70.5. The molecule has 0 aliphatic carbocycles. The maximum atomic E-state index is 11.3. The van der Waals surface area contributed by atoms with E-state index in [0.29, 0.717) is 5.56 Å². The molecular formula is C27H36O13. The van der Waals surface area contributed by atoms with Crippen LogP contribution in [-0.4, -0.2) is 114 Å². The molecule has 1 aliphatic rings. The van der Waals surface area contributed by atoms with E-state index in [-0.39, 0.29) is 40.9 Å². The average Bonchev–Trinajstić information content (AvgIpc) is 2.97. The van der Waals surface area contributed by atoms with Gasteiger partial charge in [-0.3, -0.25) is 0 Å². The summed E-state index contributed by atoms with van der Waals surface area (Å²) in [4.78, 5) is 0. The molecule has 222 valence electrons. The van der Waals surface area contributed by atoms with Crippen LogP contribution in [0.3, 0.4) is 0 Å². The third kappa shape index (κ3) is 7.13. The molecule has 0 saturated carbocycles. The van der Waals surface area contributed by atoms with Crippen molar-refractivity contribution in [3.63, 3.8) is 0 Å². The molecular weight excluding hydrogens is 532 g/mol. The monoisotopic (exact) mass is 568 g/mol.